The molecule has 2 atom stereocenters. The van der Waals surface area contributed by atoms with Crippen LogP contribution in [0.15, 0.2) is 38.0 Å². The molecule has 0 saturated carbocycles. The Kier molecular flexibility index (Phi) is 16.6. The van der Waals surface area contributed by atoms with E-state index in [0.717, 1.165) is 18.2 Å². The molecule has 0 aromatic heterocycles. The number of carbonyl (C=O) groups excluding carboxylic acids is 4. The molecule has 0 spiro atoms. The highest BCUT2D eigenvalue weighted by Gasteiger charge is 2.61. The molecule has 1 amide bonds. The minimum Gasteiger partial charge on any atom is -0.460 e. The number of ether oxygens (including phenoxy) is 3. The van der Waals surface area contributed by atoms with Crippen molar-refractivity contribution >= 4 is 59.0 Å². The van der Waals surface area contributed by atoms with E-state index in [4.69, 9.17) is 43.9 Å². The predicted octanol–water partition coefficient (Wildman–Crippen LogP) is 2.15. The van der Waals surface area contributed by atoms with Gasteiger partial charge in [-0.05, 0) is 19.0 Å². The van der Waals surface area contributed by atoms with Crippen LogP contribution in [0, 0.1) is 0 Å². The Morgan fingerprint density at radius 3 is 1.33 bits per heavy atom. The molecule has 0 bridgehead atoms. The lowest BCUT2D eigenvalue weighted by molar-refractivity contribution is -0.139. The molecular formula is C23H40FNO14Si4. The average Bonchev–Trinajstić information content (AvgIpc) is 2.92. The van der Waals surface area contributed by atoms with Gasteiger partial charge in [-0.2, -0.15) is 0 Å². The van der Waals surface area contributed by atoms with Gasteiger partial charge in [-0.15, -0.1) is 4.39 Å². The SMILES string of the molecule is C=CC(=O)OCCO[Si]1(C)O[Si](C)(CCCNC(=O)F)O[Si](C)(OCCOC(=O)C=C)O[Si](C)(OCCOC(=O)C=C)O1. The Morgan fingerprint density at radius 2 is 1.00 bits per heavy atom. The molecule has 1 heterocycles. The van der Waals surface area contributed by atoms with Gasteiger partial charge in [0.25, 0.3) is 0 Å². The van der Waals surface area contributed by atoms with Crippen LogP contribution in [-0.2, 0) is 58.3 Å². The van der Waals surface area contributed by atoms with Crippen molar-refractivity contribution in [1.29, 1.82) is 0 Å². The van der Waals surface area contributed by atoms with Crippen LogP contribution in [0.5, 0.6) is 0 Å². The van der Waals surface area contributed by atoms with Crippen LogP contribution < -0.4 is 5.32 Å². The molecule has 1 saturated heterocycles. The van der Waals surface area contributed by atoms with Crippen molar-refractivity contribution in [3.05, 3.63) is 38.0 Å². The van der Waals surface area contributed by atoms with Crippen molar-refractivity contribution in [2.75, 3.05) is 46.2 Å². The van der Waals surface area contributed by atoms with Crippen LogP contribution >= 0.6 is 0 Å². The summed E-state index contributed by atoms with van der Waals surface area (Å²) in [6, 6.07) is 0.228. The fraction of sp³-hybridized carbons (Fsp3) is 0.565. The summed E-state index contributed by atoms with van der Waals surface area (Å²) in [5.74, 6) is -1.95. The topological polar surface area (TPSA) is 173 Å². The van der Waals surface area contributed by atoms with E-state index in [1.807, 2.05) is 0 Å². The maximum absolute atomic E-state index is 12.7. The standard InChI is InChI=1S/C23H40FNO14Si4/c1-8-20(26)30-13-16-33-41(5)36-40(4,19-11-12-25-23(24)29)37-42(6,34-17-14-31-21(27)9-2)39-43(7,38-41)35-18-15-32-22(28)10-3/h8-10H,1-3,11-19H2,4-7H3,(H,25,29). The molecule has 15 nitrogen and oxygen atoms in total. The summed E-state index contributed by atoms with van der Waals surface area (Å²) in [7, 11) is -14.6. The Labute approximate surface area is 254 Å². The fourth-order valence-corrected chi connectivity index (χ4v) is 21.9. The molecule has 1 fully saturated rings. The number of hydrogen-bond donors (Lipinski definition) is 1. The normalized spacial score (nSPS) is 27.1. The van der Waals surface area contributed by atoms with Crippen molar-refractivity contribution in [2.24, 2.45) is 0 Å². The van der Waals surface area contributed by atoms with Crippen LogP contribution in [0.3, 0.4) is 0 Å². The summed E-state index contributed by atoms with van der Waals surface area (Å²) in [4.78, 5) is 45.1. The van der Waals surface area contributed by atoms with Gasteiger partial charge in [0.2, 0.25) is 0 Å². The molecule has 2 unspecified atom stereocenters. The van der Waals surface area contributed by atoms with Crippen LogP contribution in [0.2, 0.25) is 32.2 Å². The maximum Gasteiger partial charge on any atom is 0.483 e. The molecule has 0 radical (unpaired) electrons. The maximum atomic E-state index is 12.7. The molecule has 43 heavy (non-hydrogen) atoms. The molecule has 1 N–H and O–H groups in total. The first-order chi connectivity index (χ1) is 20.1. The lowest BCUT2D eigenvalue weighted by Gasteiger charge is -2.47. The van der Waals surface area contributed by atoms with E-state index >= 15 is 0 Å². The van der Waals surface area contributed by atoms with E-state index in [1.54, 1.807) is 26.2 Å². The van der Waals surface area contributed by atoms with E-state index in [-0.39, 0.29) is 58.7 Å². The molecule has 244 valence electrons. The van der Waals surface area contributed by atoms with Crippen LogP contribution in [-0.4, -0.2) is 105 Å². The number of nitrogens with one attached hydrogen (secondary N) is 1. The van der Waals surface area contributed by atoms with Crippen molar-refractivity contribution in [3.63, 3.8) is 0 Å². The van der Waals surface area contributed by atoms with Crippen molar-refractivity contribution in [2.45, 2.75) is 38.7 Å². The second-order valence-electron chi connectivity index (χ2n) is 9.09. The zero-order chi connectivity index (χ0) is 32.6. The predicted molar refractivity (Wildman–Crippen MR) is 156 cm³/mol. The Morgan fingerprint density at radius 1 is 0.651 bits per heavy atom. The van der Waals surface area contributed by atoms with E-state index in [0.29, 0.717) is 0 Å². The molecule has 1 aliphatic heterocycles. The monoisotopic (exact) mass is 685 g/mol. The quantitative estimate of drug-likeness (QED) is 0.0399. The van der Waals surface area contributed by atoms with Gasteiger partial charge in [-0.3, -0.25) is 0 Å². The van der Waals surface area contributed by atoms with Crippen molar-refractivity contribution < 1.29 is 67.5 Å². The third kappa shape index (κ3) is 15.8. The highest BCUT2D eigenvalue weighted by atomic mass is 28.5. The summed E-state index contributed by atoms with van der Waals surface area (Å²) in [6.07, 6.45) is 1.60. The number of hydrogen-bond acceptors (Lipinski definition) is 14. The first kappa shape index (κ1) is 38.6. The lowest BCUT2D eigenvalue weighted by Crippen LogP contribution is -2.70. The Hall–Kier alpha value is -2.38. The third-order valence-corrected chi connectivity index (χ3v) is 21.0. The highest BCUT2D eigenvalue weighted by molar-refractivity contribution is 6.89. The smallest absolute Gasteiger partial charge is 0.460 e. The lowest BCUT2D eigenvalue weighted by atomic mass is 10.5. The van der Waals surface area contributed by atoms with Gasteiger partial charge >= 0.3 is 59.0 Å². The first-order valence-electron chi connectivity index (χ1n) is 13.1. The highest BCUT2D eigenvalue weighted by Crippen LogP contribution is 2.34. The largest absolute Gasteiger partial charge is 0.483 e. The first-order valence-corrected chi connectivity index (χ1v) is 22.3. The summed E-state index contributed by atoms with van der Waals surface area (Å²) < 4.78 is 71.4. The van der Waals surface area contributed by atoms with Crippen LogP contribution in [0.1, 0.15) is 6.42 Å². The van der Waals surface area contributed by atoms with E-state index < -0.39 is 59.0 Å². The third-order valence-electron chi connectivity index (χ3n) is 5.19. The number of amides is 1. The van der Waals surface area contributed by atoms with E-state index in [9.17, 15) is 23.6 Å². The average molecular weight is 686 g/mol. The summed E-state index contributed by atoms with van der Waals surface area (Å²) in [5.41, 5.74) is 0. The molecule has 0 aromatic carbocycles. The van der Waals surface area contributed by atoms with Crippen LogP contribution in [0.25, 0.3) is 0 Å². The van der Waals surface area contributed by atoms with Crippen LogP contribution in [0.4, 0.5) is 9.18 Å². The number of rotatable bonds is 19. The summed E-state index contributed by atoms with van der Waals surface area (Å²) in [6.45, 7) is 15.6. The fourth-order valence-electron chi connectivity index (χ4n) is 3.70. The van der Waals surface area contributed by atoms with Gasteiger partial charge < -0.3 is 49.3 Å². The van der Waals surface area contributed by atoms with Gasteiger partial charge in [0.05, 0.1) is 19.8 Å². The molecule has 1 rings (SSSR count). The van der Waals surface area contributed by atoms with Gasteiger partial charge in [0.15, 0.2) is 0 Å². The van der Waals surface area contributed by atoms with Gasteiger partial charge in [0.1, 0.15) is 19.8 Å². The van der Waals surface area contributed by atoms with Gasteiger partial charge in [-0.1, -0.05) is 19.7 Å². The molecule has 0 aromatic rings. The number of carbonyl (C=O) groups is 4. The summed E-state index contributed by atoms with van der Waals surface area (Å²) >= 11 is 0. The van der Waals surface area contributed by atoms with Gasteiger partial charge in [0, 0.05) is 44.4 Å². The molecule has 0 aliphatic carbocycles. The second-order valence-corrected chi connectivity index (χ2v) is 21.2. The van der Waals surface area contributed by atoms with Crippen molar-refractivity contribution in [1.82, 2.24) is 5.32 Å². The Bertz CT molecular complexity index is 961. The van der Waals surface area contributed by atoms with E-state index in [1.165, 1.54) is 0 Å². The number of esters is 3. The summed E-state index contributed by atoms with van der Waals surface area (Å²) in [5, 5.41) is 2.08. The second kappa shape index (κ2) is 18.4. The van der Waals surface area contributed by atoms with Crippen molar-refractivity contribution in [3.8, 4) is 0 Å². The minimum atomic E-state index is -3.79. The van der Waals surface area contributed by atoms with Gasteiger partial charge in [-0.25, -0.2) is 19.2 Å². The zero-order valence-corrected chi connectivity index (χ0v) is 28.8. The van der Waals surface area contributed by atoms with E-state index in [2.05, 4.69) is 25.1 Å². The zero-order valence-electron chi connectivity index (χ0n) is 24.8. The molecule has 20 heteroatoms. The Balaban J connectivity index is 3.28. The molecular weight excluding hydrogens is 646 g/mol. The minimum absolute atomic E-state index is 0.00136. The molecule has 1 aliphatic rings. The number of halogens is 1.